The molecular weight excluding hydrogens is 638 g/mol. The number of nitrogens with one attached hydrogen (secondary N) is 3. The van der Waals surface area contributed by atoms with Gasteiger partial charge in [0.1, 0.15) is 11.8 Å². The Bertz CT molecular complexity index is 1230. The SMILES string of the molecule is CCC(C)[C@@H]([C@@H](CC(=O)N1CCC[C@H]1[C@H](OC)[C@@H](C)C(=O)NCCc1ccc(O)cc1)OC)N(C)C(=O)[C@@H](NC(=O)[C@@H](NC)C(C)C)C(C)C. The molecule has 284 valence electrons. The van der Waals surface area contributed by atoms with E-state index in [1.54, 1.807) is 45.3 Å². The second-order valence-electron chi connectivity index (χ2n) is 14.5. The minimum Gasteiger partial charge on any atom is -0.508 e. The molecule has 1 aliphatic rings. The van der Waals surface area contributed by atoms with Crippen molar-refractivity contribution in [2.75, 3.05) is 41.4 Å². The van der Waals surface area contributed by atoms with Crippen LogP contribution >= 0.6 is 0 Å². The number of phenols is 1. The van der Waals surface area contributed by atoms with Gasteiger partial charge in [-0.15, -0.1) is 0 Å². The first-order valence-corrected chi connectivity index (χ1v) is 18.3. The molecule has 1 heterocycles. The van der Waals surface area contributed by atoms with Gasteiger partial charge in [-0.1, -0.05) is 67.0 Å². The summed E-state index contributed by atoms with van der Waals surface area (Å²) in [5, 5.41) is 18.6. The number of benzene rings is 1. The number of ether oxygens (including phenoxy) is 2. The molecule has 0 bridgehead atoms. The smallest absolute Gasteiger partial charge is 0.245 e. The normalized spacial score (nSPS) is 19.0. The van der Waals surface area contributed by atoms with Gasteiger partial charge >= 0.3 is 0 Å². The molecule has 12 heteroatoms. The van der Waals surface area contributed by atoms with Gasteiger partial charge in [0.15, 0.2) is 0 Å². The maximum absolute atomic E-state index is 14.1. The Labute approximate surface area is 300 Å². The van der Waals surface area contributed by atoms with Crippen LogP contribution in [0.3, 0.4) is 0 Å². The second-order valence-corrected chi connectivity index (χ2v) is 14.5. The van der Waals surface area contributed by atoms with E-state index in [1.165, 1.54) is 0 Å². The van der Waals surface area contributed by atoms with E-state index < -0.39 is 36.3 Å². The lowest BCUT2D eigenvalue weighted by Gasteiger charge is -2.41. The van der Waals surface area contributed by atoms with E-state index in [4.69, 9.17) is 9.47 Å². The van der Waals surface area contributed by atoms with Gasteiger partial charge in [0.05, 0.1) is 42.7 Å². The number of hydrogen-bond acceptors (Lipinski definition) is 8. The molecule has 1 saturated heterocycles. The Morgan fingerprint density at radius 3 is 2.10 bits per heavy atom. The fourth-order valence-electron chi connectivity index (χ4n) is 7.20. The molecule has 0 saturated carbocycles. The molecule has 1 unspecified atom stereocenters. The maximum Gasteiger partial charge on any atom is 0.245 e. The van der Waals surface area contributed by atoms with Crippen molar-refractivity contribution in [1.29, 1.82) is 0 Å². The predicted octanol–water partition coefficient (Wildman–Crippen LogP) is 3.36. The highest BCUT2D eigenvalue weighted by atomic mass is 16.5. The summed E-state index contributed by atoms with van der Waals surface area (Å²) < 4.78 is 11.9. The summed E-state index contributed by atoms with van der Waals surface area (Å²) in [6, 6.07) is 4.99. The third kappa shape index (κ3) is 11.4. The summed E-state index contributed by atoms with van der Waals surface area (Å²) in [6.45, 7) is 14.6. The van der Waals surface area contributed by atoms with Crippen molar-refractivity contribution in [1.82, 2.24) is 25.8 Å². The molecule has 0 spiro atoms. The number of aromatic hydroxyl groups is 1. The Morgan fingerprint density at radius 2 is 1.58 bits per heavy atom. The van der Waals surface area contributed by atoms with Gasteiger partial charge in [-0.2, -0.15) is 0 Å². The van der Waals surface area contributed by atoms with Crippen LogP contribution in [0.1, 0.15) is 79.7 Å². The summed E-state index contributed by atoms with van der Waals surface area (Å²) in [5.74, 6) is -1.15. The van der Waals surface area contributed by atoms with Crippen molar-refractivity contribution in [3.8, 4) is 5.75 Å². The van der Waals surface area contributed by atoms with Gasteiger partial charge in [-0.25, -0.2) is 0 Å². The largest absolute Gasteiger partial charge is 0.508 e. The lowest BCUT2D eigenvalue weighted by atomic mass is 9.89. The van der Waals surface area contributed by atoms with Crippen LogP contribution in [0.5, 0.6) is 5.75 Å². The van der Waals surface area contributed by atoms with Crippen LogP contribution in [0.15, 0.2) is 24.3 Å². The fourth-order valence-corrected chi connectivity index (χ4v) is 7.20. The number of rotatable bonds is 20. The molecule has 12 nitrogen and oxygen atoms in total. The number of likely N-dealkylation sites (N-methyl/N-ethyl adjacent to an activating group) is 2. The van der Waals surface area contributed by atoms with E-state index in [-0.39, 0.29) is 59.6 Å². The van der Waals surface area contributed by atoms with E-state index in [1.807, 2.05) is 65.5 Å². The summed E-state index contributed by atoms with van der Waals surface area (Å²) in [6.07, 6.45) is 1.82. The first kappa shape index (κ1) is 42.9. The molecule has 2 rings (SSSR count). The highest BCUT2D eigenvalue weighted by Gasteiger charge is 2.43. The summed E-state index contributed by atoms with van der Waals surface area (Å²) in [7, 11) is 6.61. The van der Waals surface area contributed by atoms with Gasteiger partial charge in [0.2, 0.25) is 23.6 Å². The standard InChI is InChI=1S/C38H65N5O7/c1-12-25(6)34(42(9)38(48)33(24(4)5)41-37(47)32(39-8)23(2)3)30(49-10)22-31(45)43-21-13-14-29(43)35(50-11)26(7)36(46)40-20-19-27-15-17-28(44)18-16-27/h15-18,23-26,29-30,32-35,39,44H,12-14,19-22H2,1-11H3,(H,40,46)(H,41,47)/t25?,26-,29+,30-,32+,33+,34+,35-/m1/s1. The number of methoxy groups -OCH3 is 2. The number of hydrogen-bond donors (Lipinski definition) is 4. The van der Waals surface area contributed by atoms with Gasteiger partial charge in [0.25, 0.3) is 0 Å². The van der Waals surface area contributed by atoms with Crippen LogP contribution in [-0.2, 0) is 35.1 Å². The van der Waals surface area contributed by atoms with E-state index >= 15 is 0 Å². The number of likely N-dealkylation sites (tertiary alicyclic amines) is 1. The molecule has 1 aliphatic heterocycles. The first-order chi connectivity index (χ1) is 23.6. The minimum absolute atomic E-state index is 0.00247. The molecule has 1 fully saturated rings. The zero-order valence-corrected chi connectivity index (χ0v) is 32.3. The van der Waals surface area contributed by atoms with Crippen LogP contribution in [0.2, 0.25) is 0 Å². The van der Waals surface area contributed by atoms with Crippen molar-refractivity contribution >= 4 is 23.6 Å². The molecule has 8 atom stereocenters. The monoisotopic (exact) mass is 703 g/mol. The molecular formula is C38H65N5O7. The van der Waals surface area contributed by atoms with Crippen molar-refractivity contribution in [2.24, 2.45) is 23.7 Å². The molecule has 50 heavy (non-hydrogen) atoms. The average Bonchev–Trinajstić information content (AvgIpc) is 3.57. The number of amides is 4. The zero-order chi connectivity index (χ0) is 37.7. The van der Waals surface area contributed by atoms with E-state index in [9.17, 15) is 24.3 Å². The highest BCUT2D eigenvalue weighted by Crippen LogP contribution is 2.29. The van der Waals surface area contributed by atoms with Crippen LogP contribution in [-0.4, -0.2) is 116 Å². The average molecular weight is 704 g/mol. The Balaban J connectivity index is 2.19. The Kier molecular flexibility index (Phi) is 17.7. The van der Waals surface area contributed by atoms with Crippen molar-refractivity contribution in [2.45, 2.75) is 117 Å². The van der Waals surface area contributed by atoms with Crippen LogP contribution in [0, 0.1) is 23.7 Å². The van der Waals surface area contributed by atoms with Crippen molar-refractivity contribution < 1.29 is 33.8 Å². The lowest BCUT2D eigenvalue weighted by Crippen LogP contribution is -2.59. The molecule has 1 aromatic carbocycles. The molecule has 0 aromatic heterocycles. The number of nitrogens with zero attached hydrogens (tertiary/aromatic N) is 2. The number of carbonyl (C=O) groups excluding carboxylic acids is 4. The molecule has 4 amide bonds. The predicted molar refractivity (Wildman–Crippen MR) is 195 cm³/mol. The quantitative estimate of drug-likeness (QED) is 0.162. The first-order valence-electron chi connectivity index (χ1n) is 18.3. The van der Waals surface area contributed by atoms with Crippen LogP contribution in [0.25, 0.3) is 0 Å². The third-order valence-electron chi connectivity index (χ3n) is 10.4. The Morgan fingerprint density at radius 1 is 0.960 bits per heavy atom. The van der Waals surface area contributed by atoms with E-state index in [0.29, 0.717) is 25.9 Å². The van der Waals surface area contributed by atoms with Gasteiger partial charge in [0, 0.05) is 34.4 Å². The lowest BCUT2D eigenvalue weighted by molar-refractivity contribution is -0.147. The maximum atomic E-state index is 14.1. The van der Waals surface area contributed by atoms with Crippen LogP contribution in [0.4, 0.5) is 0 Å². The van der Waals surface area contributed by atoms with E-state index in [2.05, 4.69) is 16.0 Å². The molecule has 0 aliphatic carbocycles. The zero-order valence-electron chi connectivity index (χ0n) is 32.3. The second kappa shape index (κ2) is 20.6. The third-order valence-corrected chi connectivity index (χ3v) is 10.4. The van der Waals surface area contributed by atoms with Gasteiger partial charge in [-0.05, 0) is 61.8 Å². The fraction of sp³-hybridized carbons (Fsp3) is 0.737. The molecule has 4 N–H and O–H groups in total. The molecule has 0 radical (unpaired) electrons. The minimum atomic E-state index is -0.749. The number of carbonyl (C=O) groups is 4. The highest BCUT2D eigenvalue weighted by molar-refractivity contribution is 5.90. The van der Waals surface area contributed by atoms with Crippen LogP contribution < -0.4 is 16.0 Å². The van der Waals surface area contributed by atoms with Crippen molar-refractivity contribution in [3.63, 3.8) is 0 Å². The van der Waals surface area contributed by atoms with Crippen molar-refractivity contribution in [3.05, 3.63) is 29.8 Å². The van der Waals surface area contributed by atoms with E-state index in [0.717, 1.165) is 18.4 Å². The summed E-state index contributed by atoms with van der Waals surface area (Å²) >= 11 is 0. The summed E-state index contributed by atoms with van der Waals surface area (Å²) in [5.41, 5.74) is 1.00. The summed E-state index contributed by atoms with van der Waals surface area (Å²) in [4.78, 5) is 58.0. The topological polar surface area (TPSA) is 150 Å². The van der Waals surface area contributed by atoms with Gasteiger partial charge in [-0.3, -0.25) is 19.2 Å². The number of phenolic OH excluding ortho intramolecular Hbond substituents is 1. The van der Waals surface area contributed by atoms with Gasteiger partial charge < -0.3 is 40.3 Å². The Hall–Kier alpha value is -3.22. The molecule has 1 aromatic rings.